The zero-order valence-corrected chi connectivity index (χ0v) is 18.2. The highest BCUT2D eigenvalue weighted by Gasteiger charge is 2.51. The van der Waals surface area contributed by atoms with Crippen molar-refractivity contribution >= 4 is 22.3 Å². The van der Waals surface area contributed by atoms with Crippen LogP contribution in [0, 0.1) is 11.2 Å². The van der Waals surface area contributed by atoms with E-state index in [0.717, 1.165) is 41.7 Å². The van der Waals surface area contributed by atoms with Crippen LogP contribution < -0.4 is 11.1 Å². The van der Waals surface area contributed by atoms with E-state index in [1.54, 1.807) is 12.3 Å². The average molecular weight is 420 g/mol. The van der Waals surface area contributed by atoms with Gasteiger partial charge >= 0.3 is 0 Å². The summed E-state index contributed by atoms with van der Waals surface area (Å²) in [4.78, 5) is 9.10. The number of nitrogens with zero attached hydrogens (tertiary/aromatic N) is 3. The minimum absolute atomic E-state index is 0.156. The number of halogens is 1. The van der Waals surface area contributed by atoms with Gasteiger partial charge in [0.15, 0.2) is 0 Å². The van der Waals surface area contributed by atoms with Crippen LogP contribution in [0.2, 0.25) is 0 Å². The molecule has 162 valence electrons. The second-order valence-corrected chi connectivity index (χ2v) is 9.52. The summed E-state index contributed by atoms with van der Waals surface area (Å²) in [5, 5.41) is 5.25. The molecule has 0 radical (unpaired) electrons. The zero-order chi connectivity index (χ0) is 21.6. The fourth-order valence-electron chi connectivity index (χ4n) is 5.06. The predicted molar refractivity (Wildman–Crippen MR) is 124 cm³/mol. The molecule has 5 nitrogen and oxygen atoms in total. The van der Waals surface area contributed by atoms with Crippen LogP contribution in [0.5, 0.6) is 0 Å². The summed E-state index contributed by atoms with van der Waals surface area (Å²) in [6, 6.07) is 14.1. The minimum atomic E-state index is -0.156. The third kappa shape index (κ3) is 3.86. The third-order valence-corrected chi connectivity index (χ3v) is 6.76. The first-order valence-corrected chi connectivity index (χ1v) is 11.0. The van der Waals surface area contributed by atoms with Crippen LogP contribution in [-0.4, -0.2) is 47.0 Å². The van der Waals surface area contributed by atoms with E-state index in [0.29, 0.717) is 29.4 Å². The first-order valence-electron chi connectivity index (χ1n) is 11.0. The van der Waals surface area contributed by atoms with Gasteiger partial charge in [-0.2, -0.15) is 0 Å². The Bertz CT molecular complexity index is 1100. The van der Waals surface area contributed by atoms with E-state index in [1.807, 2.05) is 30.3 Å². The van der Waals surface area contributed by atoms with Crippen LogP contribution in [0.15, 0.2) is 48.7 Å². The molecule has 1 aromatic heterocycles. The van der Waals surface area contributed by atoms with Gasteiger partial charge in [0.1, 0.15) is 11.6 Å². The van der Waals surface area contributed by atoms with Crippen molar-refractivity contribution in [2.24, 2.45) is 5.41 Å². The molecule has 2 aliphatic heterocycles. The van der Waals surface area contributed by atoms with Crippen LogP contribution in [0.25, 0.3) is 10.8 Å². The van der Waals surface area contributed by atoms with Crippen molar-refractivity contribution in [3.8, 4) is 0 Å². The number of hydrogen-bond donors (Lipinski definition) is 2. The lowest BCUT2D eigenvalue weighted by Crippen LogP contribution is -2.72. The van der Waals surface area contributed by atoms with Gasteiger partial charge in [-0.25, -0.2) is 9.37 Å². The molecule has 0 unspecified atom stereocenters. The monoisotopic (exact) mass is 419 g/mol. The number of fused-ring (bicyclic) bond motifs is 1. The average Bonchev–Trinajstić information content (AvgIpc) is 2.68. The Kier molecular flexibility index (Phi) is 5.07. The van der Waals surface area contributed by atoms with E-state index in [-0.39, 0.29) is 5.82 Å². The Morgan fingerprint density at radius 1 is 1.10 bits per heavy atom. The van der Waals surface area contributed by atoms with Gasteiger partial charge in [0.2, 0.25) is 0 Å². The van der Waals surface area contributed by atoms with E-state index in [1.165, 1.54) is 13.1 Å². The van der Waals surface area contributed by atoms with Gasteiger partial charge in [0.25, 0.3) is 0 Å². The largest absolute Gasteiger partial charge is 0.383 e. The molecule has 2 aromatic carbocycles. The van der Waals surface area contributed by atoms with Gasteiger partial charge in [0, 0.05) is 78.9 Å². The van der Waals surface area contributed by atoms with Crippen LogP contribution in [0.3, 0.4) is 0 Å². The molecule has 0 saturated carbocycles. The smallest absolute Gasteiger partial charge is 0.131 e. The van der Waals surface area contributed by atoms with Crippen molar-refractivity contribution in [2.45, 2.75) is 33.0 Å². The number of rotatable bonds is 6. The standard InChI is InChI=1S/C25H30FN5/c1-17(2)31-15-25(16-31)13-30(14-25)12-18-6-7-19(22(26)10-18)11-29-23-5-3-4-21-20(23)8-9-28-24(21)27/h3-10,17,29H,11-16H2,1-2H3,(H2,27,28). The molecule has 5 rings (SSSR count). The second-order valence-electron chi connectivity index (χ2n) is 9.52. The lowest BCUT2D eigenvalue weighted by Gasteiger charge is -2.61. The van der Waals surface area contributed by atoms with E-state index in [2.05, 4.69) is 40.0 Å². The van der Waals surface area contributed by atoms with Crippen molar-refractivity contribution in [2.75, 3.05) is 37.2 Å². The van der Waals surface area contributed by atoms with E-state index < -0.39 is 0 Å². The van der Waals surface area contributed by atoms with E-state index in [9.17, 15) is 4.39 Å². The van der Waals surface area contributed by atoms with E-state index in [4.69, 9.17) is 5.73 Å². The maximum atomic E-state index is 14.8. The SMILES string of the molecule is CC(C)N1CC2(CN(Cc3ccc(CNc4cccc5c(N)nccc45)c(F)c3)C2)C1. The summed E-state index contributed by atoms with van der Waals surface area (Å²) < 4.78 is 14.8. The quantitative estimate of drug-likeness (QED) is 0.630. The van der Waals surface area contributed by atoms with Gasteiger partial charge in [-0.1, -0.05) is 24.3 Å². The van der Waals surface area contributed by atoms with Crippen molar-refractivity contribution < 1.29 is 4.39 Å². The molecule has 2 saturated heterocycles. The molecule has 6 heteroatoms. The lowest BCUT2D eigenvalue weighted by atomic mass is 9.72. The molecule has 3 aromatic rings. The normalized spacial score (nSPS) is 18.3. The van der Waals surface area contributed by atoms with E-state index >= 15 is 0 Å². The molecule has 0 bridgehead atoms. The number of nitrogens with one attached hydrogen (secondary N) is 1. The number of aromatic nitrogens is 1. The first kappa shape index (κ1) is 20.2. The summed E-state index contributed by atoms with van der Waals surface area (Å²) in [6.45, 7) is 10.4. The first-order chi connectivity index (χ1) is 14.9. The number of nitrogens with two attached hydrogens (primary N) is 1. The Labute approximate surface area is 183 Å². The van der Waals surface area contributed by atoms with Crippen LogP contribution in [0.1, 0.15) is 25.0 Å². The number of nitrogen functional groups attached to an aromatic ring is 1. The fourth-order valence-corrected chi connectivity index (χ4v) is 5.06. The van der Waals surface area contributed by atoms with Gasteiger partial charge in [0.05, 0.1) is 0 Å². The van der Waals surface area contributed by atoms with Crippen LogP contribution >= 0.6 is 0 Å². The number of likely N-dealkylation sites (tertiary alicyclic amines) is 2. The third-order valence-electron chi connectivity index (χ3n) is 6.76. The molecule has 2 fully saturated rings. The Morgan fingerprint density at radius 3 is 2.65 bits per heavy atom. The van der Waals surface area contributed by atoms with Gasteiger partial charge in [-0.15, -0.1) is 0 Å². The van der Waals surface area contributed by atoms with Crippen molar-refractivity contribution in [1.29, 1.82) is 0 Å². The van der Waals surface area contributed by atoms with Gasteiger partial charge in [-0.05, 0) is 37.6 Å². The molecule has 3 heterocycles. The van der Waals surface area contributed by atoms with Crippen molar-refractivity contribution in [3.63, 3.8) is 0 Å². The Hall–Kier alpha value is -2.70. The molecule has 1 spiro atoms. The van der Waals surface area contributed by atoms with Crippen LogP contribution in [-0.2, 0) is 13.1 Å². The zero-order valence-electron chi connectivity index (χ0n) is 18.2. The second kappa shape index (κ2) is 7.77. The van der Waals surface area contributed by atoms with Crippen molar-refractivity contribution in [1.82, 2.24) is 14.8 Å². The Balaban J connectivity index is 1.19. The lowest BCUT2D eigenvalue weighted by molar-refractivity contribution is -0.128. The highest BCUT2D eigenvalue weighted by Crippen LogP contribution is 2.41. The number of pyridine rings is 1. The summed E-state index contributed by atoms with van der Waals surface area (Å²) >= 11 is 0. The number of benzene rings is 2. The molecule has 0 atom stereocenters. The number of anilines is 2. The van der Waals surface area contributed by atoms with Crippen LogP contribution in [0.4, 0.5) is 15.9 Å². The number of hydrogen-bond acceptors (Lipinski definition) is 5. The molecular formula is C25H30FN5. The summed E-state index contributed by atoms with van der Waals surface area (Å²) in [7, 11) is 0. The minimum Gasteiger partial charge on any atom is -0.383 e. The highest BCUT2D eigenvalue weighted by molar-refractivity contribution is 5.99. The maximum absolute atomic E-state index is 14.8. The topological polar surface area (TPSA) is 57.4 Å². The van der Waals surface area contributed by atoms with Gasteiger partial charge in [-0.3, -0.25) is 9.80 Å². The molecule has 0 aliphatic carbocycles. The summed E-state index contributed by atoms with van der Waals surface area (Å²) in [5.74, 6) is 0.347. The van der Waals surface area contributed by atoms with Gasteiger partial charge < -0.3 is 11.1 Å². The molecule has 2 aliphatic rings. The Morgan fingerprint density at radius 2 is 1.90 bits per heavy atom. The highest BCUT2D eigenvalue weighted by atomic mass is 19.1. The molecule has 3 N–H and O–H groups in total. The fraction of sp³-hybridized carbons (Fsp3) is 0.400. The predicted octanol–water partition coefficient (Wildman–Crippen LogP) is 4.09. The summed E-state index contributed by atoms with van der Waals surface area (Å²) in [5.41, 5.74) is 9.09. The molecular weight excluding hydrogens is 389 g/mol. The molecule has 31 heavy (non-hydrogen) atoms. The molecule has 0 amide bonds. The summed E-state index contributed by atoms with van der Waals surface area (Å²) in [6.07, 6.45) is 1.70. The van der Waals surface area contributed by atoms with Crippen molar-refractivity contribution in [3.05, 3.63) is 65.6 Å². The maximum Gasteiger partial charge on any atom is 0.131 e.